The van der Waals surface area contributed by atoms with Crippen molar-refractivity contribution in [2.75, 3.05) is 20.3 Å². The molecule has 0 amide bonds. The molecule has 0 aliphatic carbocycles. The molecule has 1 fully saturated rings. The molecule has 0 aromatic carbocycles. The molecule has 1 saturated heterocycles. The van der Waals surface area contributed by atoms with Gasteiger partial charge < -0.3 is 4.74 Å². The van der Waals surface area contributed by atoms with Crippen molar-refractivity contribution in [2.45, 2.75) is 69.9 Å². The number of fused-ring (bicyclic) bond motifs is 2. The normalized spacial score (nSPS) is 26.4. The van der Waals surface area contributed by atoms with Crippen LogP contribution in [0, 0.1) is 0 Å². The van der Waals surface area contributed by atoms with Crippen molar-refractivity contribution in [3.8, 4) is 0 Å². The Morgan fingerprint density at radius 1 is 1.20 bits per heavy atom. The van der Waals surface area contributed by atoms with Crippen molar-refractivity contribution in [3.05, 3.63) is 24.3 Å². The standard InChI is InChI=1S/C18H31NO/c1-3-4-5-6-7-8-9-10-11-16-12-17-14-20-15-18(13-16)19(17)2/h3,12,17-18H,1,4-11,13-15H2,2H3. The number of hydrogen-bond acceptors (Lipinski definition) is 2. The summed E-state index contributed by atoms with van der Waals surface area (Å²) in [5, 5.41) is 0. The number of nitrogens with zero attached hydrogens (tertiary/aromatic N) is 1. The third-order valence-corrected chi connectivity index (χ3v) is 4.78. The quantitative estimate of drug-likeness (QED) is 0.459. The second-order valence-electron chi connectivity index (χ2n) is 6.40. The zero-order valence-electron chi connectivity index (χ0n) is 13.2. The molecular formula is C18H31NO. The van der Waals surface area contributed by atoms with Crippen LogP contribution in [0.3, 0.4) is 0 Å². The molecule has 0 saturated carbocycles. The fourth-order valence-electron chi connectivity index (χ4n) is 3.38. The van der Waals surface area contributed by atoms with E-state index in [0.717, 1.165) is 13.2 Å². The van der Waals surface area contributed by atoms with Crippen LogP contribution in [-0.4, -0.2) is 37.2 Å². The fraction of sp³-hybridized carbons (Fsp3) is 0.778. The first-order valence-corrected chi connectivity index (χ1v) is 8.41. The molecule has 2 heteroatoms. The number of morpholine rings is 1. The van der Waals surface area contributed by atoms with Crippen molar-refractivity contribution < 1.29 is 4.74 Å². The van der Waals surface area contributed by atoms with Crippen LogP contribution in [0.2, 0.25) is 0 Å². The molecule has 2 nitrogen and oxygen atoms in total. The van der Waals surface area contributed by atoms with Gasteiger partial charge in [0.15, 0.2) is 0 Å². The molecule has 20 heavy (non-hydrogen) atoms. The van der Waals surface area contributed by atoms with E-state index in [-0.39, 0.29) is 0 Å². The van der Waals surface area contributed by atoms with Gasteiger partial charge in [0.2, 0.25) is 0 Å². The van der Waals surface area contributed by atoms with E-state index in [2.05, 4.69) is 24.6 Å². The highest BCUT2D eigenvalue weighted by atomic mass is 16.5. The van der Waals surface area contributed by atoms with Gasteiger partial charge in [0.1, 0.15) is 0 Å². The Hall–Kier alpha value is -0.600. The molecule has 2 atom stereocenters. The van der Waals surface area contributed by atoms with Gasteiger partial charge in [0.05, 0.1) is 19.3 Å². The molecule has 0 spiro atoms. The van der Waals surface area contributed by atoms with Crippen molar-refractivity contribution >= 4 is 0 Å². The van der Waals surface area contributed by atoms with E-state index in [0.29, 0.717) is 12.1 Å². The largest absolute Gasteiger partial charge is 0.378 e. The van der Waals surface area contributed by atoms with Gasteiger partial charge in [-0.3, -0.25) is 4.90 Å². The molecular weight excluding hydrogens is 246 g/mol. The van der Waals surface area contributed by atoms with Crippen molar-refractivity contribution in [1.29, 1.82) is 0 Å². The Bertz CT molecular complexity index is 323. The average Bonchev–Trinajstić information content (AvgIpc) is 2.42. The summed E-state index contributed by atoms with van der Waals surface area (Å²) in [5.41, 5.74) is 1.69. The Kier molecular flexibility index (Phi) is 6.81. The maximum atomic E-state index is 5.65. The molecule has 0 aromatic rings. The highest BCUT2D eigenvalue weighted by molar-refractivity contribution is 5.15. The Morgan fingerprint density at radius 2 is 1.95 bits per heavy atom. The molecule has 2 rings (SSSR count). The van der Waals surface area contributed by atoms with Crippen molar-refractivity contribution in [1.82, 2.24) is 4.90 Å². The first-order valence-electron chi connectivity index (χ1n) is 8.41. The molecule has 0 aromatic heterocycles. The number of hydrogen-bond donors (Lipinski definition) is 0. The first kappa shape index (κ1) is 15.8. The van der Waals surface area contributed by atoms with Crippen LogP contribution in [-0.2, 0) is 4.74 Å². The molecule has 0 N–H and O–H groups in total. The summed E-state index contributed by atoms with van der Waals surface area (Å²) in [7, 11) is 2.24. The van der Waals surface area contributed by atoms with Crippen LogP contribution < -0.4 is 0 Å². The van der Waals surface area contributed by atoms with E-state index in [1.807, 2.05) is 6.08 Å². The summed E-state index contributed by atoms with van der Waals surface area (Å²) in [6.07, 6.45) is 16.5. The highest BCUT2D eigenvalue weighted by Gasteiger charge is 2.31. The van der Waals surface area contributed by atoms with E-state index in [9.17, 15) is 0 Å². The monoisotopic (exact) mass is 277 g/mol. The van der Waals surface area contributed by atoms with E-state index in [4.69, 9.17) is 4.74 Å². The second kappa shape index (κ2) is 8.63. The maximum Gasteiger partial charge on any atom is 0.0658 e. The van der Waals surface area contributed by atoms with E-state index >= 15 is 0 Å². The van der Waals surface area contributed by atoms with Crippen LogP contribution in [0.25, 0.3) is 0 Å². The molecule has 2 aliphatic heterocycles. The predicted octanol–water partition coefficient (Wildman–Crippen LogP) is 4.32. The number of likely N-dealkylation sites (N-methyl/N-ethyl adjacent to an activating group) is 1. The van der Waals surface area contributed by atoms with Crippen LogP contribution in [0.5, 0.6) is 0 Å². The van der Waals surface area contributed by atoms with Gasteiger partial charge in [-0.2, -0.15) is 0 Å². The number of allylic oxidation sites excluding steroid dienone is 1. The maximum absolute atomic E-state index is 5.65. The van der Waals surface area contributed by atoms with Gasteiger partial charge in [-0.05, 0) is 39.2 Å². The fourth-order valence-corrected chi connectivity index (χ4v) is 3.38. The summed E-state index contributed by atoms with van der Waals surface area (Å²) in [5.74, 6) is 0. The van der Waals surface area contributed by atoms with Gasteiger partial charge in [-0.25, -0.2) is 0 Å². The van der Waals surface area contributed by atoms with Crippen LogP contribution in [0.1, 0.15) is 57.8 Å². The SMILES string of the molecule is C=CCCCCCCCCC1=CC2COCC(C1)N2C. The van der Waals surface area contributed by atoms with Crippen LogP contribution in [0.4, 0.5) is 0 Å². The zero-order valence-corrected chi connectivity index (χ0v) is 13.2. The minimum absolute atomic E-state index is 0.538. The van der Waals surface area contributed by atoms with Gasteiger partial charge in [0, 0.05) is 6.04 Å². The van der Waals surface area contributed by atoms with Gasteiger partial charge in [0.25, 0.3) is 0 Å². The van der Waals surface area contributed by atoms with Gasteiger partial charge in [-0.15, -0.1) is 6.58 Å². The summed E-state index contributed by atoms with van der Waals surface area (Å²) >= 11 is 0. The number of unbranched alkanes of at least 4 members (excludes halogenated alkanes) is 6. The Labute approximate surface area is 124 Å². The third kappa shape index (κ3) is 4.75. The first-order chi connectivity index (χ1) is 9.81. The molecule has 2 heterocycles. The highest BCUT2D eigenvalue weighted by Crippen LogP contribution is 2.28. The zero-order chi connectivity index (χ0) is 14.2. The number of ether oxygens (including phenoxy) is 1. The Morgan fingerprint density at radius 3 is 2.70 bits per heavy atom. The summed E-state index contributed by atoms with van der Waals surface area (Å²) < 4.78 is 5.65. The predicted molar refractivity (Wildman–Crippen MR) is 86.0 cm³/mol. The van der Waals surface area contributed by atoms with Crippen molar-refractivity contribution in [3.63, 3.8) is 0 Å². The van der Waals surface area contributed by atoms with E-state index in [1.165, 1.54) is 57.8 Å². The summed E-state index contributed by atoms with van der Waals surface area (Å²) in [6, 6.07) is 1.17. The smallest absolute Gasteiger partial charge is 0.0658 e. The second-order valence-corrected chi connectivity index (χ2v) is 6.40. The average molecular weight is 277 g/mol. The summed E-state index contributed by atoms with van der Waals surface area (Å²) in [4.78, 5) is 2.49. The minimum atomic E-state index is 0.538. The molecule has 2 bridgehead atoms. The molecule has 114 valence electrons. The summed E-state index contributed by atoms with van der Waals surface area (Å²) in [6.45, 7) is 5.58. The number of rotatable bonds is 9. The van der Waals surface area contributed by atoms with Gasteiger partial charge in [-0.1, -0.05) is 43.4 Å². The lowest BCUT2D eigenvalue weighted by Gasteiger charge is -2.42. The lowest BCUT2D eigenvalue weighted by atomic mass is 9.91. The topological polar surface area (TPSA) is 12.5 Å². The third-order valence-electron chi connectivity index (χ3n) is 4.78. The lowest BCUT2D eigenvalue weighted by Crippen LogP contribution is -2.51. The lowest BCUT2D eigenvalue weighted by molar-refractivity contribution is -0.0262. The van der Waals surface area contributed by atoms with E-state index in [1.54, 1.807) is 5.57 Å². The van der Waals surface area contributed by atoms with Crippen LogP contribution >= 0.6 is 0 Å². The molecule has 2 aliphatic rings. The van der Waals surface area contributed by atoms with Crippen molar-refractivity contribution in [2.24, 2.45) is 0 Å². The molecule has 0 radical (unpaired) electrons. The minimum Gasteiger partial charge on any atom is -0.378 e. The van der Waals surface area contributed by atoms with Crippen LogP contribution in [0.15, 0.2) is 24.3 Å². The Balaban J connectivity index is 1.57. The van der Waals surface area contributed by atoms with Gasteiger partial charge >= 0.3 is 0 Å². The molecule has 2 unspecified atom stereocenters. The van der Waals surface area contributed by atoms with E-state index < -0.39 is 0 Å².